The van der Waals surface area contributed by atoms with Gasteiger partial charge in [-0.3, -0.25) is 14.4 Å². The Morgan fingerprint density at radius 3 is 2.27 bits per heavy atom. The molecule has 0 radical (unpaired) electrons. The molecule has 1 spiro atoms. The van der Waals surface area contributed by atoms with Crippen molar-refractivity contribution in [2.24, 2.45) is 5.92 Å². The number of nitrogens with zero attached hydrogens (tertiary/aromatic N) is 2. The van der Waals surface area contributed by atoms with Gasteiger partial charge in [-0.05, 0) is 77.4 Å². The minimum absolute atomic E-state index is 0.128. The number of ether oxygens (including phenoxy) is 2. The molecule has 1 saturated heterocycles. The second-order valence-electron chi connectivity index (χ2n) is 11.0. The summed E-state index contributed by atoms with van der Waals surface area (Å²) < 4.78 is 10.7. The van der Waals surface area contributed by atoms with Crippen LogP contribution in [-0.4, -0.2) is 42.1 Å². The van der Waals surface area contributed by atoms with Gasteiger partial charge < -0.3 is 19.7 Å². The minimum atomic E-state index is -1.42. The Hall–Kier alpha value is -5.68. The fourth-order valence-electron chi connectivity index (χ4n) is 7.10. The van der Waals surface area contributed by atoms with Crippen LogP contribution in [0.2, 0.25) is 0 Å². The lowest BCUT2D eigenvalue weighted by atomic mass is 9.62. The molecule has 3 aliphatic heterocycles. The molecule has 3 aliphatic rings. The van der Waals surface area contributed by atoms with Crippen LogP contribution in [0.15, 0.2) is 103 Å². The predicted octanol–water partition coefficient (Wildman–Crippen LogP) is 5.58. The summed E-state index contributed by atoms with van der Waals surface area (Å²) in [6, 6.07) is 28.8. The lowest BCUT2D eigenvalue weighted by Crippen LogP contribution is -2.49. The first-order valence-electron chi connectivity index (χ1n) is 14.3. The molecule has 3 heterocycles. The number of nitrogens with one attached hydrogen (secondary N) is 1. The first-order valence-corrected chi connectivity index (χ1v) is 14.3. The standard InChI is InChI=1S/C36H27N3O5/c1-43-25-14-10-24(11-15-25)33(41)31-30(32(40)23-12-16-26(17-13-23)44-21-19-37)36(28-8-4-5-9-29(28)38-35(36)42)34-27-7-3-2-6-22(27)18-20-39(31)34/h2-18,20,30-31,34H,21H2,1H3,(H,38,42)/t30-,31-,34+,36+/m0/s1. The molecular formula is C36H27N3O5. The zero-order valence-electron chi connectivity index (χ0n) is 23.8. The Labute approximate surface area is 254 Å². The van der Waals surface area contributed by atoms with Gasteiger partial charge in [0.05, 0.1) is 19.1 Å². The van der Waals surface area contributed by atoms with Crippen LogP contribution in [0, 0.1) is 17.2 Å². The minimum Gasteiger partial charge on any atom is -0.497 e. The van der Waals surface area contributed by atoms with Crippen molar-refractivity contribution in [3.05, 3.63) is 131 Å². The predicted molar refractivity (Wildman–Crippen MR) is 163 cm³/mol. The maximum Gasteiger partial charge on any atom is 0.238 e. The summed E-state index contributed by atoms with van der Waals surface area (Å²) in [6.07, 6.45) is 3.78. The van der Waals surface area contributed by atoms with Crippen LogP contribution in [0.5, 0.6) is 11.5 Å². The number of rotatable bonds is 7. The topological polar surface area (TPSA) is 109 Å². The van der Waals surface area contributed by atoms with E-state index in [9.17, 15) is 14.4 Å². The summed E-state index contributed by atoms with van der Waals surface area (Å²) in [7, 11) is 1.56. The average molecular weight is 582 g/mol. The first kappa shape index (κ1) is 27.2. The summed E-state index contributed by atoms with van der Waals surface area (Å²) in [5.74, 6) is -0.986. The number of Topliss-reactive ketones (excluding diaryl/α,β-unsaturated/α-hetero) is 2. The molecular weight excluding hydrogens is 554 g/mol. The van der Waals surface area contributed by atoms with Crippen LogP contribution >= 0.6 is 0 Å². The maximum absolute atomic E-state index is 14.9. The third-order valence-corrected chi connectivity index (χ3v) is 8.94. The zero-order valence-corrected chi connectivity index (χ0v) is 23.8. The van der Waals surface area contributed by atoms with E-state index in [-0.39, 0.29) is 24.1 Å². The van der Waals surface area contributed by atoms with E-state index in [1.807, 2.05) is 71.8 Å². The molecule has 1 N–H and O–H groups in total. The first-order chi connectivity index (χ1) is 21.5. The molecule has 8 heteroatoms. The average Bonchev–Trinajstić information content (AvgIpc) is 3.55. The molecule has 4 aromatic rings. The summed E-state index contributed by atoms with van der Waals surface area (Å²) in [4.78, 5) is 46.0. The third-order valence-electron chi connectivity index (χ3n) is 8.94. The largest absolute Gasteiger partial charge is 0.497 e. The van der Waals surface area contributed by atoms with Crippen molar-refractivity contribution >= 4 is 29.2 Å². The number of hydrogen-bond acceptors (Lipinski definition) is 7. The second kappa shape index (κ2) is 10.5. The van der Waals surface area contributed by atoms with E-state index < -0.39 is 23.4 Å². The number of fused-ring (bicyclic) bond motifs is 6. The number of anilines is 1. The van der Waals surface area contributed by atoms with Crippen molar-refractivity contribution in [3.8, 4) is 17.6 Å². The number of methoxy groups -OCH3 is 1. The van der Waals surface area contributed by atoms with Crippen LogP contribution in [0.4, 0.5) is 5.69 Å². The molecule has 0 bridgehead atoms. The lowest BCUT2D eigenvalue weighted by Gasteiger charge is -2.38. The van der Waals surface area contributed by atoms with Crippen LogP contribution in [0.3, 0.4) is 0 Å². The van der Waals surface area contributed by atoms with Gasteiger partial charge in [0, 0.05) is 23.0 Å². The Kier molecular flexibility index (Phi) is 6.51. The van der Waals surface area contributed by atoms with Crippen molar-refractivity contribution in [3.63, 3.8) is 0 Å². The molecule has 216 valence electrons. The molecule has 44 heavy (non-hydrogen) atoms. The highest BCUT2D eigenvalue weighted by molar-refractivity contribution is 6.16. The lowest BCUT2D eigenvalue weighted by molar-refractivity contribution is -0.122. The van der Waals surface area contributed by atoms with Crippen LogP contribution in [0.1, 0.15) is 43.4 Å². The molecule has 0 aromatic heterocycles. The number of amides is 1. The van der Waals surface area contributed by atoms with E-state index in [4.69, 9.17) is 14.7 Å². The summed E-state index contributed by atoms with van der Waals surface area (Å²) >= 11 is 0. The van der Waals surface area contributed by atoms with E-state index >= 15 is 0 Å². The molecule has 1 fully saturated rings. The molecule has 4 atom stereocenters. The highest BCUT2D eigenvalue weighted by Gasteiger charge is 2.70. The highest BCUT2D eigenvalue weighted by Crippen LogP contribution is 2.62. The fraction of sp³-hybridized carbons (Fsp3) is 0.167. The van der Waals surface area contributed by atoms with E-state index in [1.165, 1.54) is 0 Å². The number of nitriles is 1. The van der Waals surface area contributed by atoms with Crippen LogP contribution < -0.4 is 14.8 Å². The fourth-order valence-corrected chi connectivity index (χ4v) is 7.10. The van der Waals surface area contributed by atoms with Gasteiger partial charge in [-0.2, -0.15) is 5.26 Å². The van der Waals surface area contributed by atoms with Crippen molar-refractivity contribution in [2.75, 3.05) is 19.0 Å². The molecule has 7 rings (SSSR count). The van der Waals surface area contributed by atoms with Crippen LogP contribution in [0.25, 0.3) is 6.08 Å². The smallest absolute Gasteiger partial charge is 0.238 e. The number of para-hydroxylation sites is 1. The van der Waals surface area contributed by atoms with Gasteiger partial charge in [-0.1, -0.05) is 42.5 Å². The van der Waals surface area contributed by atoms with Crippen LogP contribution in [-0.2, 0) is 10.2 Å². The maximum atomic E-state index is 14.9. The summed E-state index contributed by atoms with van der Waals surface area (Å²) in [6.45, 7) is -0.128. The summed E-state index contributed by atoms with van der Waals surface area (Å²) in [5, 5.41) is 12.0. The van der Waals surface area contributed by atoms with Gasteiger partial charge in [-0.15, -0.1) is 0 Å². The Morgan fingerprint density at radius 1 is 0.886 bits per heavy atom. The number of carbonyl (C=O) groups is 3. The molecule has 1 amide bonds. The molecule has 0 aliphatic carbocycles. The Morgan fingerprint density at radius 2 is 1.55 bits per heavy atom. The number of carbonyl (C=O) groups excluding carboxylic acids is 3. The van der Waals surface area contributed by atoms with Gasteiger partial charge in [0.25, 0.3) is 0 Å². The van der Waals surface area contributed by atoms with Crippen molar-refractivity contribution in [2.45, 2.75) is 17.5 Å². The summed E-state index contributed by atoms with van der Waals surface area (Å²) in [5.41, 5.74) is 2.42. The third kappa shape index (κ3) is 3.93. The van der Waals surface area contributed by atoms with E-state index in [0.29, 0.717) is 33.9 Å². The van der Waals surface area contributed by atoms with E-state index in [1.54, 1.807) is 55.6 Å². The van der Waals surface area contributed by atoms with Gasteiger partial charge in [-0.25, -0.2) is 0 Å². The van der Waals surface area contributed by atoms with Gasteiger partial charge in [0.2, 0.25) is 5.91 Å². The molecule has 4 aromatic carbocycles. The molecule has 0 saturated carbocycles. The Bertz CT molecular complexity index is 1880. The second-order valence-corrected chi connectivity index (χ2v) is 11.0. The van der Waals surface area contributed by atoms with E-state index in [2.05, 4.69) is 5.32 Å². The Balaban J connectivity index is 1.46. The number of benzene rings is 4. The van der Waals surface area contributed by atoms with Gasteiger partial charge in [0.1, 0.15) is 29.0 Å². The van der Waals surface area contributed by atoms with Crippen molar-refractivity contribution in [1.29, 1.82) is 5.26 Å². The van der Waals surface area contributed by atoms with E-state index in [0.717, 1.165) is 11.1 Å². The highest BCUT2D eigenvalue weighted by atomic mass is 16.5. The monoisotopic (exact) mass is 581 g/mol. The van der Waals surface area contributed by atoms with Gasteiger partial charge in [0.15, 0.2) is 18.2 Å². The SMILES string of the molecule is COc1ccc(C(=O)[C@@H]2[C@@H](C(=O)c3ccc(OCC#N)cc3)[C@@]3(C(=O)Nc4ccccc43)[C@H]3c4ccccc4C=CN23)cc1. The van der Waals surface area contributed by atoms with Crippen molar-refractivity contribution < 1.29 is 23.9 Å². The quantitative estimate of drug-likeness (QED) is 0.284. The molecule has 8 nitrogen and oxygen atoms in total. The van der Waals surface area contributed by atoms with Gasteiger partial charge >= 0.3 is 0 Å². The van der Waals surface area contributed by atoms with Crippen molar-refractivity contribution in [1.82, 2.24) is 4.90 Å². The normalized spacial score (nSPS) is 22.4. The zero-order chi connectivity index (χ0) is 30.4. The molecule has 0 unspecified atom stereocenters. The number of ketones is 2. The number of hydrogen-bond donors (Lipinski definition) is 1.